The number of oxazole rings is 1. The molecule has 1 aliphatic heterocycles. The van der Waals surface area contributed by atoms with Gasteiger partial charge >= 0.3 is 6.01 Å². The van der Waals surface area contributed by atoms with Gasteiger partial charge in [0.25, 0.3) is 0 Å². The minimum Gasteiger partial charge on any atom is -0.423 e. The van der Waals surface area contributed by atoms with Crippen LogP contribution in [-0.4, -0.2) is 36.3 Å². The van der Waals surface area contributed by atoms with E-state index < -0.39 is 0 Å². The molecule has 0 atom stereocenters. The molecule has 3 rings (SSSR count). The summed E-state index contributed by atoms with van der Waals surface area (Å²) in [6.07, 6.45) is 0. The molecule has 0 aliphatic carbocycles. The fourth-order valence-electron chi connectivity index (χ4n) is 1.73. The monoisotopic (exact) mass is 219 g/mol. The summed E-state index contributed by atoms with van der Waals surface area (Å²) in [5.41, 5.74) is 4.82. The second-order valence-corrected chi connectivity index (χ2v) is 3.70. The molecule has 0 radical (unpaired) electrons. The molecular weight excluding hydrogens is 206 g/mol. The molecular formula is C11H13N3O2. The van der Waals surface area contributed by atoms with Crippen molar-refractivity contribution >= 4 is 17.1 Å². The second-order valence-electron chi connectivity index (χ2n) is 3.70. The third kappa shape index (κ3) is 1.87. The van der Waals surface area contributed by atoms with Gasteiger partial charge in [0, 0.05) is 13.1 Å². The number of fused-ring (bicyclic) bond motifs is 1. The second kappa shape index (κ2) is 4.11. The number of nitrogens with zero attached hydrogens (tertiary/aromatic N) is 2. The van der Waals surface area contributed by atoms with E-state index in [1.807, 2.05) is 29.3 Å². The summed E-state index contributed by atoms with van der Waals surface area (Å²) in [6.45, 7) is 3.18. The van der Waals surface area contributed by atoms with Crippen molar-refractivity contribution in [2.45, 2.75) is 0 Å². The number of para-hydroxylation sites is 2. The van der Waals surface area contributed by atoms with Crippen LogP contribution in [0.15, 0.2) is 28.7 Å². The van der Waals surface area contributed by atoms with Crippen molar-refractivity contribution in [3.8, 4) is 0 Å². The summed E-state index contributed by atoms with van der Waals surface area (Å²) < 4.78 is 10.8. The Bertz CT molecular complexity index is 444. The average Bonchev–Trinajstić information content (AvgIpc) is 2.72. The molecule has 0 saturated carbocycles. The smallest absolute Gasteiger partial charge is 0.310 e. The zero-order valence-electron chi connectivity index (χ0n) is 8.85. The highest BCUT2D eigenvalue weighted by Crippen LogP contribution is 2.18. The van der Waals surface area contributed by atoms with Crippen LogP contribution in [0.25, 0.3) is 11.1 Å². The highest BCUT2D eigenvalue weighted by atomic mass is 16.5. The van der Waals surface area contributed by atoms with Crippen LogP contribution < -0.4 is 5.43 Å². The number of morpholine rings is 1. The number of anilines is 1. The van der Waals surface area contributed by atoms with Gasteiger partial charge in [-0.1, -0.05) is 12.1 Å². The molecule has 0 spiro atoms. The molecule has 5 heteroatoms. The summed E-state index contributed by atoms with van der Waals surface area (Å²) in [5.74, 6) is 0. The number of aromatic nitrogens is 1. The van der Waals surface area contributed by atoms with Crippen LogP contribution in [0.3, 0.4) is 0 Å². The number of hydrogen-bond acceptors (Lipinski definition) is 5. The molecule has 1 aliphatic rings. The molecule has 0 amide bonds. The number of rotatable bonds is 2. The average molecular weight is 219 g/mol. The van der Waals surface area contributed by atoms with Gasteiger partial charge in [0.1, 0.15) is 5.52 Å². The van der Waals surface area contributed by atoms with Crippen LogP contribution >= 0.6 is 0 Å². The number of ether oxygens (including phenoxy) is 1. The highest BCUT2D eigenvalue weighted by Gasteiger charge is 2.12. The van der Waals surface area contributed by atoms with Crippen LogP contribution in [0, 0.1) is 0 Å². The summed E-state index contributed by atoms with van der Waals surface area (Å²) in [5, 5.41) is 2.05. The summed E-state index contributed by atoms with van der Waals surface area (Å²) in [6, 6.07) is 8.27. The van der Waals surface area contributed by atoms with E-state index in [1.54, 1.807) is 0 Å². The standard InChI is InChI=1S/C11H13N3O2/c1-2-4-10-9(3-1)12-11(16-10)13-14-5-7-15-8-6-14/h1-4H,5-8H2,(H,12,13). The van der Waals surface area contributed by atoms with Crippen molar-refractivity contribution in [1.29, 1.82) is 0 Å². The predicted octanol–water partition coefficient (Wildman–Crippen LogP) is 1.49. The molecule has 1 saturated heterocycles. The van der Waals surface area contributed by atoms with Crippen LogP contribution in [0.5, 0.6) is 0 Å². The van der Waals surface area contributed by atoms with Crippen molar-refractivity contribution in [2.75, 3.05) is 31.7 Å². The molecule has 5 nitrogen and oxygen atoms in total. The molecule has 1 aromatic heterocycles. The lowest BCUT2D eigenvalue weighted by Crippen LogP contribution is -2.40. The van der Waals surface area contributed by atoms with Crippen LogP contribution in [0.4, 0.5) is 6.01 Å². The van der Waals surface area contributed by atoms with Gasteiger partial charge < -0.3 is 9.15 Å². The Labute approximate surface area is 93.0 Å². The Morgan fingerprint density at radius 3 is 2.81 bits per heavy atom. The van der Waals surface area contributed by atoms with Crippen molar-refractivity contribution in [3.63, 3.8) is 0 Å². The normalized spacial score (nSPS) is 17.8. The topological polar surface area (TPSA) is 50.5 Å². The van der Waals surface area contributed by atoms with Gasteiger partial charge in [0.2, 0.25) is 0 Å². The van der Waals surface area contributed by atoms with Crippen LogP contribution in [0.2, 0.25) is 0 Å². The van der Waals surface area contributed by atoms with Gasteiger partial charge in [-0.25, -0.2) is 5.01 Å². The molecule has 2 heterocycles. The molecule has 1 N–H and O–H groups in total. The lowest BCUT2D eigenvalue weighted by molar-refractivity contribution is 0.0484. The van der Waals surface area contributed by atoms with Gasteiger partial charge in [0.05, 0.1) is 13.2 Å². The van der Waals surface area contributed by atoms with Gasteiger partial charge in [-0.15, -0.1) is 0 Å². The summed E-state index contributed by atoms with van der Waals surface area (Å²) in [7, 11) is 0. The van der Waals surface area contributed by atoms with Crippen molar-refractivity contribution in [1.82, 2.24) is 9.99 Å². The van der Waals surface area contributed by atoms with E-state index in [1.165, 1.54) is 0 Å². The number of benzene rings is 1. The van der Waals surface area contributed by atoms with E-state index in [-0.39, 0.29) is 0 Å². The molecule has 1 aromatic carbocycles. The maximum Gasteiger partial charge on any atom is 0.310 e. The third-order valence-corrected chi connectivity index (χ3v) is 2.56. The fraction of sp³-hybridized carbons (Fsp3) is 0.364. The van der Waals surface area contributed by atoms with Crippen molar-refractivity contribution in [2.24, 2.45) is 0 Å². The van der Waals surface area contributed by atoms with Gasteiger partial charge in [-0.05, 0) is 12.1 Å². The number of hydrogen-bond donors (Lipinski definition) is 1. The van der Waals surface area contributed by atoms with Gasteiger partial charge in [-0.3, -0.25) is 5.43 Å². The van der Waals surface area contributed by atoms with Crippen molar-refractivity contribution < 1.29 is 9.15 Å². The molecule has 16 heavy (non-hydrogen) atoms. The largest absolute Gasteiger partial charge is 0.423 e. The molecule has 2 aromatic rings. The SMILES string of the molecule is c1ccc2oc(NN3CCOCC3)nc2c1. The Kier molecular flexibility index (Phi) is 2.47. The first kappa shape index (κ1) is 9.62. The lowest BCUT2D eigenvalue weighted by atomic mass is 10.3. The highest BCUT2D eigenvalue weighted by molar-refractivity contribution is 5.73. The quantitative estimate of drug-likeness (QED) is 0.829. The van der Waals surface area contributed by atoms with E-state index in [0.717, 1.165) is 37.4 Å². The number of nitrogens with one attached hydrogen (secondary N) is 1. The molecule has 1 fully saturated rings. The van der Waals surface area contributed by atoms with E-state index >= 15 is 0 Å². The Morgan fingerprint density at radius 1 is 1.19 bits per heavy atom. The Morgan fingerprint density at radius 2 is 2.00 bits per heavy atom. The van der Waals surface area contributed by atoms with Crippen molar-refractivity contribution in [3.05, 3.63) is 24.3 Å². The van der Waals surface area contributed by atoms with Crippen LogP contribution in [0.1, 0.15) is 0 Å². The first-order chi connectivity index (χ1) is 7.92. The molecule has 0 bridgehead atoms. The number of hydrazine groups is 1. The fourth-order valence-corrected chi connectivity index (χ4v) is 1.73. The minimum absolute atomic E-state index is 0.545. The summed E-state index contributed by atoms with van der Waals surface area (Å²) in [4.78, 5) is 4.35. The van der Waals surface area contributed by atoms with E-state index in [2.05, 4.69) is 10.4 Å². The van der Waals surface area contributed by atoms with Gasteiger partial charge in [-0.2, -0.15) is 4.98 Å². The molecule has 0 unspecified atom stereocenters. The third-order valence-electron chi connectivity index (χ3n) is 2.56. The Balaban J connectivity index is 1.78. The zero-order valence-corrected chi connectivity index (χ0v) is 8.85. The van der Waals surface area contributed by atoms with E-state index in [0.29, 0.717) is 6.01 Å². The van der Waals surface area contributed by atoms with Crippen LogP contribution in [-0.2, 0) is 4.74 Å². The maximum absolute atomic E-state index is 5.57. The minimum atomic E-state index is 0.545. The first-order valence-electron chi connectivity index (χ1n) is 5.37. The predicted molar refractivity (Wildman–Crippen MR) is 60.0 cm³/mol. The maximum atomic E-state index is 5.57. The van der Waals surface area contributed by atoms with Gasteiger partial charge in [0.15, 0.2) is 5.58 Å². The Hall–Kier alpha value is -1.59. The zero-order chi connectivity index (χ0) is 10.8. The van der Waals surface area contributed by atoms with E-state index in [9.17, 15) is 0 Å². The lowest BCUT2D eigenvalue weighted by Gasteiger charge is -2.25. The van der Waals surface area contributed by atoms with E-state index in [4.69, 9.17) is 9.15 Å². The summed E-state index contributed by atoms with van der Waals surface area (Å²) >= 11 is 0. The first-order valence-corrected chi connectivity index (χ1v) is 5.37. The molecule has 84 valence electrons.